The average molecular weight is 531 g/mol. The van der Waals surface area contributed by atoms with Gasteiger partial charge in [-0.05, 0) is 13.8 Å². The molecule has 0 aliphatic carbocycles. The molecule has 0 spiro atoms. The Labute approximate surface area is 186 Å². The SMILES string of the molecule is CC(C(C)(S(=O)(=O)NCC#N)S(=O)(=O)NCC#N)(S(=O)(=O)NCC#N)S(=O)(=O)NCC#N. The second-order valence-corrected chi connectivity index (χ2v) is 14.8. The lowest BCUT2D eigenvalue weighted by molar-refractivity contribution is 0.482. The number of nitrogens with one attached hydrogen (secondary N) is 4. The van der Waals surface area contributed by atoms with Gasteiger partial charge in [0.2, 0.25) is 48.3 Å². The summed E-state index contributed by atoms with van der Waals surface area (Å²) in [6.07, 6.45) is 0. The van der Waals surface area contributed by atoms with Crippen LogP contribution in [-0.4, -0.2) is 68.0 Å². The van der Waals surface area contributed by atoms with Gasteiger partial charge in [-0.1, -0.05) is 0 Å². The molecule has 0 aromatic rings. The first-order valence-electron chi connectivity index (χ1n) is 7.94. The molecule has 0 bridgehead atoms. The second-order valence-electron chi connectivity index (χ2n) is 5.82. The summed E-state index contributed by atoms with van der Waals surface area (Å²) in [5, 5.41) is 34.7. The summed E-state index contributed by atoms with van der Waals surface area (Å²) in [5.74, 6) is 0. The van der Waals surface area contributed by atoms with Crippen LogP contribution in [0.25, 0.3) is 0 Å². The Morgan fingerprint density at radius 2 is 0.656 bits per heavy atom. The van der Waals surface area contributed by atoms with Gasteiger partial charge < -0.3 is 0 Å². The van der Waals surface area contributed by atoms with Crippen LogP contribution in [0.15, 0.2) is 0 Å². The Morgan fingerprint density at radius 1 is 0.500 bits per heavy atom. The third-order valence-electron chi connectivity index (χ3n) is 4.24. The van der Waals surface area contributed by atoms with Gasteiger partial charge in [0.1, 0.15) is 0 Å². The van der Waals surface area contributed by atoms with Gasteiger partial charge in [-0.15, -0.1) is 0 Å². The summed E-state index contributed by atoms with van der Waals surface area (Å²) < 4.78 is 102. The van der Waals surface area contributed by atoms with Gasteiger partial charge in [-0.25, -0.2) is 33.7 Å². The second kappa shape index (κ2) is 10.5. The lowest BCUT2D eigenvalue weighted by atomic mass is 10.3. The molecular weight excluding hydrogens is 512 g/mol. The molecule has 0 aliphatic rings. The van der Waals surface area contributed by atoms with Gasteiger partial charge in [-0.2, -0.15) is 39.9 Å². The minimum atomic E-state index is -5.58. The molecule has 0 aromatic carbocycles. The highest BCUT2D eigenvalue weighted by atomic mass is 32.3. The zero-order chi connectivity index (χ0) is 25.5. The van der Waals surface area contributed by atoms with Crippen molar-refractivity contribution in [1.82, 2.24) is 18.9 Å². The van der Waals surface area contributed by atoms with Crippen LogP contribution < -0.4 is 18.9 Å². The first kappa shape index (κ1) is 29.6. The molecule has 16 nitrogen and oxygen atoms in total. The number of hydrogen-bond acceptors (Lipinski definition) is 12. The maximum absolute atomic E-state index is 13.0. The Bertz CT molecular complexity index is 1110. The Kier molecular flexibility index (Phi) is 9.69. The molecule has 0 aliphatic heterocycles. The average Bonchev–Trinajstić information content (AvgIpc) is 2.71. The molecule has 178 valence electrons. The van der Waals surface area contributed by atoms with E-state index in [0.29, 0.717) is 0 Å². The van der Waals surface area contributed by atoms with Crippen LogP contribution in [0.5, 0.6) is 0 Å². The predicted molar refractivity (Wildman–Crippen MR) is 107 cm³/mol. The molecular formula is C12H18N8O8S4. The molecule has 4 N–H and O–H groups in total. The number of sulfonamides is 4. The van der Waals surface area contributed by atoms with E-state index < -0.39 is 74.4 Å². The molecule has 0 atom stereocenters. The van der Waals surface area contributed by atoms with Gasteiger partial charge in [0.15, 0.2) is 0 Å². The summed E-state index contributed by atoms with van der Waals surface area (Å²) in [6.45, 7) is -3.89. The van der Waals surface area contributed by atoms with Gasteiger partial charge in [-0.3, -0.25) is 0 Å². The maximum Gasteiger partial charge on any atom is 0.236 e. The van der Waals surface area contributed by atoms with E-state index in [2.05, 4.69) is 0 Å². The predicted octanol–water partition coefficient (Wildman–Crippen LogP) is -3.81. The van der Waals surface area contributed by atoms with E-state index in [-0.39, 0.29) is 13.8 Å². The molecule has 0 radical (unpaired) electrons. The summed E-state index contributed by atoms with van der Waals surface area (Å²) in [4.78, 5) is 0. The largest absolute Gasteiger partial charge is 0.236 e. The summed E-state index contributed by atoms with van der Waals surface area (Å²) in [7, 11) is -22.3. The molecule has 0 rings (SSSR count). The number of nitriles is 4. The van der Waals surface area contributed by atoms with E-state index in [1.54, 1.807) is 0 Å². The first-order valence-corrected chi connectivity index (χ1v) is 13.9. The highest BCUT2D eigenvalue weighted by molar-refractivity contribution is 8.15. The van der Waals surface area contributed by atoms with Crippen molar-refractivity contribution in [1.29, 1.82) is 21.0 Å². The molecule has 0 fully saturated rings. The quantitative estimate of drug-likeness (QED) is 0.167. The number of nitrogens with zero attached hydrogens (tertiary/aromatic N) is 4. The van der Waals surface area contributed by atoms with Crippen molar-refractivity contribution in [2.45, 2.75) is 22.0 Å². The van der Waals surface area contributed by atoms with E-state index in [9.17, 15) is 33.7 Å². The van der Waals surface area contributed by atoms with Crippen LogP contribution in [0.2, 0.25) is 0 Å². The minimum Gasteiger partial charge on any atom is -0.211 e. The first-order chi connectivity index (χ1) is 14.5. The van der Waals surface area contributed by atoms with E-state index in [0.717, 1.165) is 0 Å². The van der Waals surface area contributed by atoms with Crippen LogP contribution in [-0.2, 0) is 40.1 Å². The zero-order valence-electron chi connectivity index (χ0n) is 16.5. The van der Waals surface area contributed by atoms with Crippen LogP contribution in [0.1, 0.15) is 13.8 Å². The highest BCUT2D eigenvalue weighted by Gasteiger charge is 2.75. The van der Waals surface area contributed by atoms with Crippen LogP contribution in [0, 0.1) is 45.3 Å². The van der Waals surface area contributed by atoms with Crippen molar-refractivity contribution >= 4 is 40.1 Å². The minimum absolute atomic E-state index is 0.226. The molecule has 0 saturated heterocycles. The van der Waals surface area contributed by atoms with Gasteiger partial charge in [0.25, 0.3) is 0 Å². The molecule has 0 amide bonds. The highest BCUT2D eigenvalue weighted by Crippen LogP contribution is 2.43. The Morgan fingerprint density at radius 3 is 0.781 bits per heavy atom. The third kappa shape index (κ3) is 4.98. The van der Waals surface area contributed by atoms with Crippen molar-refractivity contribution in [2.75, 3.05) is 26.2 Å². The van der Waals surface area contributed by atoms with Gasteiger partial charge >= 0.3 is 0 Å². The van der Waals surface area contributed by atoms with Crippen molar-refractivity contribution in [3.63, 3.8) is 0 Å². The van der Waals surface area contributed by atoms with Crippen LogP contribution in [0.4, 0.5) is 0 Å². The van der Waals surface area contributed by atoms with Gasteiger partial charge in [0, 0.05) is 0 Å². The van der Waals surface area contributed by atoms with E-state index in [4.69, 9.17) is 21.0 Å². The van der Waals surface area contributed by atoms with Crippen LogP contribution >= 0.6 is 0 Å². The van der Waals surface area contributed by atoms with Crippen molar-refractivity contribution in [3.05, 3.63) is 0 Å². The molecule has 32 heavy (non-hydrogen) atoms. The molecule has 0 aromatic heterocycles. The summed E-state index contributed by atoms with van der Waals surface area (Å²) in [6, 6.07) is 5.26. The number of hydrogen-bond donors (Lipinski definition) is 4. The summed E-state index contributed by atoms with van der Waals surface area (Å²) >= 11 is 0. The molecule has 0 saturated carbocycles. The number of rotatable bonds is 13. The molecule has 0 unspecified atom stereocenters. The van der Waals surface area contributed by atoms with Crippen molar-refractivity contribution in [3.8, 4) is 24.3 Å². The smallest absolute Gasteiger partial charge is 0.211 e. The van der Waals surface area contributed by atoms with Crippen LogP contribution in [0.3, 0.4) is 0 Å². The van der Waals surface area contributed by atoms with Gasteiger partial charge in [0.05, 0.1) is 50.5 Å². The molecule has 20 heteroatoms. The fraction of sp³-hybridized carbons (Fsp3) is 0.667. The Balaban J connectivity index is 7.79. The Hall–Kier alpha value is -2.40. The molecule has 0 heterocycles. The monoisotopic (exact) mass is 530 g/mol. The topological polar surface area (TPSA) is 280 Å². The standard InChI is InChI=1S/C12H18N8O8S4/c1-11(29(21,22)17-7-3-13,30(23,24)18-8-4-14)12(2,31(25,26)19-9-5-15)32(27,28)20-10-6-16/h17-20H,7-10H2,1-2H3. The third-order valence-corrected chi connectivity index (χ3v) is 15.2. The van der Waals surface area contributed by atoms with E-state index in [1.807, 2.05) is 0 Å². The lowest BCUT2D eigenvalue weighted by Crippen LogP contribution is -2.74. The summed E-state index contributed by atoms with van der Waals surface area (Å²) in [5.41, 5.74) is 0. The van der Waals surface area contributed by atoms with E-state index >= 15 is 0 Å². The van der Waals surface area contributed by atoms with Crippen molar-refractivity contribution < 1.29 is 33.7 Å². The fourth-order valence-corrected chi connectivity index (χ4v) is 12.0. The maximum atomic E-state index is 13.0. The normalized spacial score (nSPS) is 13.3. The van der Waals surface area contributed by atoms with E-state index in [1.165, 1.54) is 43.2 Å². The lowest BCUT2D eigenvalue weighted by Gasteiger charge is -2.41. The van der Waals surface area contributed by atoms with Crippen molar-refractivity contribution in [2.24, 2.45) is 0 Å². The zero-order valence-corrected chi connectivity index (χ0v) is 19.8. The fourth-order valence-electron chi connectivity index (χ4n) is 2.33.